The highest BCUT2D eigenvalue weighted by molar-refractivity contribution is 5.51. The Labute approximate surface area is 140 Å². The van der Waals surface area contributed by atoms with Gasteiger partial charge in [0.05, 0.1) is 0 Å². The standard InChI is InChI=1S/C20H18F3N/c1-2-3-17(21)10-15-7-4-14(5-8-15)6-9-16-11-19(22)18(13-24)20(23)12-16/h4-5,7-8,10-12H,2-3,6,9H2,1H3/b17-10+. The quantitative estimate of drug-likeness (QED) is 0.663. The maximum atomic E-state index is 13.6. The van der Waals surface area contributed by atoms with Gasteiger partial charge in [0, 0.05) is 0 Å². The van der Waals surface area contributed by atoms with Crippen LogP contribution in [-0.2, 0) is 12.8 Å². The van der Waals surface area contributed by atoms with E-state index in [0.29, 0.717) is 24.8 Å². The minimum atomic E-state index is -0.834. The van der Waals surface area contributed by atoms with Gasteiger partial charge in [-0.25, -0.2) is 13.2 Å². The van der Waals surface area contributed by atoms with Crippen LogP contribution in [0, 0.1) is 23.0 Å². The van der Waals surface area contributed by atoms with Crippen molar-refractivity contribution in [2.75, 3.05) is 0 Å². The van der Waals surface area contributed by atoms with Crippen LogP contribution in [0.25, 0.3) is 6.08 Å². The molecule has 0 N–H and O–H groups in total. The topological polar surface area (TPSA) is 23.8 Å². The van der Waals surface area contributed by atoms with E-state index in [9.17, 15) is 13.2 Å². The van der Waals surface area contributed by atoms with Crippen LogP contribution in [0.1, 0.15) is 42.0 Å². The van der Waals surface area contributed by atoms with Gasteiger partial charge < -0.3 is 0 Å². The lowest BCUT2D eigenvalue weighted by molar-refractivity contribution is 0.573. The van der Waals surface area contributed by atoms with Crippen LogP contribution in [0.15, 0.2) is 42.2 Å². The summed E-state index contributed by atoms with van der Waals surface area (Å²) < 4.78 is 40.6. The highest BCUT2D eigenvalue weighted by Gasteiger charge is 2.10. The highest BCUT2D eigenvalue weighted by Crippen LogP contribution is 2.17. The molecule has 0 unspecified atom stereocenters. The van der Waals surface area contributed by atoms with E-state index < -0.39 is 17.2 Å². The zero-order valence-corrected chi connectivity index (χ0v) is 13.5. The molecule has 0 spiro atoms. The number of aryl methyl sites for hydroxylation is 2. The summed E-state index contributed by atoms with van der Waals surface area (Å²) in [6.07, 6.45) is 3.76. The third kappa shape index (κ3) is 4.73. The van der Waals surface area contributed by atoms with E-state index in [1.54, 1.807) is 0 Å². The number of allylic oxidation sites excluding steroid dienone is 1. The molecule has 0 atom stereocenters. The summed E-state index contributed by atoms with van der Waals surface area (Å²) >= 11 is 0. The molecule has 0 aromatic heterocycles. The largest absolute Gasteiger partial charge is 0.212 e. The van der Waals surface area contributed by atoms with Gasteiger partial charge in [0.25, 0.3) is 0 Å². The van der Waals surface area contributed by atoms with Gasteiger partial charge in [0.2, 0.25) is 0 Å². The van der Waals surface area contributed by atoms with Gasteiger partial charge in [-0.3, -0.25) is 0 Å². The van der Waals surface area contributed by atoms with Crippen molar-refractivity contribution in [3.63, 3.8) is 0 Å². The van der Waals surface area contributed by atoms with Gasteiger partial charge in [-0.15, -0.1) is 0 Å². The predicted octanol–water partition coefficient (Wildman–Crippen LogP) is 5.73. The summed E-state index contributed by atoms with van der Waals surface area (Å²) in [6.45, 7) is 1.92. The van der Waals surface area contributed by atoms with Crippen LogP contribution in [0.3, 0.4) is 0 Å². The monoisotopic (exact) mass is 329 g/mol. The van der Waals surface area contributed by atoms with Crippen LogP contribution in [-0.4, -0.2) is 0 Å². The van der Waals surface area contributed by atoms with Crippen LogP contribution in [0.2, 0.25) is 0 Å². The molecule has 124 valence electrons. The minimum absolute atomic E-state index is 0.145. The fourth-order valence-electron chi connectivity index (χ4n) is 2.44. The highest BCUT2D eigenvalue weighted by atomic mass is 19.1. The zero-order valence-electron chi connectivity index (χ0n) is 13.5. The number of rotatable bonds is 6. The van der Waals surface area contributed by atoms with Gasteiger partial charge >= 0.3 is 0 Å². The molecular weight excluding hydrogens is 311 g/mol. The van der Waals surface area contributed by atoms with Crippen LogP contribution >= 0.6 is 0 Å². The van der Waals surface area contributed by atoms with E-state index in [1.807, 2.05) is 31.2 Å². The van der Waals surface area contributed by atoms with E-state index in [1.165, 1.54) is 24.3 Å². The number of hydrogen-bond donors (Lipinski definition) is 0. The molecule has 0 saturated carbocycles. The summed E-state index contributed by atoms with van der Waals surface area (Å²) in [4.78, 5) is 0. The molecule has 0 fully saturated rings. The van der Waals surface area contributed by atoms with E-state index in [4.69, 9.17) is 5.26 Å². The summed E-state index contributed by atoms with van der Waals surface area (Å²) in [5.41, 5.74) is 1.74. The maximum Gasteiger partial charge on any atom is 0.144 e. The molecule has 0 aliphatic rings. The second-order valence-corrected chi connectivity index (χ2v) is 5.63. The zero-order chi connectivity index (χ0) is 17.5. The molecule has 24 heavy (non-hydrogen) atoms. The number of halogens is 3. The van der Waals surface area contributed by atoms with Gasteiger partial charge in [0.15, 0.2) is 0 Å². The van der Waals surface area contributed by atoms with E-state index in [-0.39, 0.29) is 5.83 Å². The fraction of sp³-hybridized carbons (Fsp3) is 0.250. The lowest BCUT2D eigenvalue weighted by Crippen LogP contribution is -1.97. The van der Waals surface area contributed by atoms with Gasteiger partial charge in [-0.2, -0.15) is 5.26 Å². The van der Waals surface area contributed by atoms with E-state index in [0.717, 1.165) is 17.5 Å². The molecule has 0 bridgehead atoms. The molecule has 0 aliphatic carbocycles. The van der Waals surface area contributed by atoms with Crippen LogP contribution in [0.5, 0.6) is 0 Å². The normalized spacial score (nSPS) is 11.4. The molecule has 1 nitrogen and oxygen atoms in total. The van der Waals surface area contributed by atoms with Crippen molar-refractivity contribution in [1.29, 1.82) is 5.26 Å². The van der Waals surface area contributed by atoms with Crippen molar-refractivity contribution >= 4 is 6.08 Å². The molecular formula is C20H18F3N. The minimum Gasteiger partial charge on any atom is -0.212 e. The van der Waals surface area contributed by atoms with Crippen molar-refractivity contribution < 1.29 is 13.2 Å². The Morgan fingerprint density at radius 1 is 1.04 bits per heavy atom. The number of nitriles is 1. The molecule has 0 radical (unpaired) electrons. The van der Waals surface area contributed by atoms with Gasteiger partial charge in [-0.05, 0) is 60.6 Å². The first-order valence-corrected chi connectivity index (χ1v) is 7.86. The Bertz CT molecular complexity index is 747. The van der Waals surface area contributed by atoms with Crippen LogP contribution < -0.4 is 0 Å². The van der Waals surface area contributed by atoms with Crippen molar-refractivity contribution in [2.24, 2.45) is 0 Å². The number of benzene rings is 2. The van der Waals surface area contributed by atoms with Gasteiger partial charge in [0.1, 0.15) is 29.1 Å². The summed E-state index contributed by atoms with van der Waals surface area (Å²) in [5, 5.41) is 8.66. The van der Waals surface area contributed by atoms with Crippen molar-refractivity contribution in [2.45, 2.75) is 32.6 Å². The Morgan fingerprint density at radius 3 is 2.17 bits per heavy atom. The molecule has 0 amide bonds. The molecule has 2 aromatic rings. The van der Waals surface area contributed by atoms with E-state index >= 15 is 0 Å². The Kier molecular flexibility index (Phi) is 6.20. The van der Waals surface area contributed by atoms with Crippen molar-refractivity contribution in [3.8, 4) is 6.07 Å². The van der Waals surface area contributed by atoms with E-state index in [2.05, 4.69) is 0 Å². The average molecular weight is 329 g/mol. The average Bonchev–Trinajstić information content (AvgIpc) is 2.54. The molecule has 2 rings (SSSR count). The third-order valence-electron chi connectivity index (χ3n) is 3.71. The first-order chi connectivity index (χ1) is 11.5. The summed E-state index contributed by atoms with van der Waals surface area (Å²) in [5.74, 6) is -1.81. The Hall–Kier alpha value is -2.54. The SMILES string of the molecule is CCC/C(F)=C\c1ccc(CCc2cc(F)c(C#N)c(F)c2)cc1. The second kappa shape index (κ2) is 8.35. The Morgan fingerprint density at radius 2 is 1.62 bits per heavy atom. The first-order valence-electron chi connectivity index (χ1n) is 7.86. The number of hydrogen-bond acceptors (Lipinski definition) is 1. The van der Waals surface area contributed by atoms with Crippen LogP contribution in [0.4, 0.5) is 13.2 Å². The molecule has 2 aromatic carbocycles. The van der Waals surface area contributed by atoms with Crippen molar-refractivity contribution in [1.82, 2.24) is 0 Å². The first kappa shape index (κ1) is 17.8. The lowest BCUT2D eigenvalue weighted by atomic mass is 10.0. The molecule has 0 heterocycles. The maximum absolute atomic E-state index is 13.6. The molecule has 0 saturated heterocycles. The van der Waals surface area contributed by atoms with Gasteiger partial charge in [-0.1, -0.05) is 31.2 Å². The lowest BCUT2D eigenvalue weighted by Gasteiger charge is -2.05. The predicted molar refractivity (Wildman–Crippen MR) is 88.9 cm³/mol. The Balaban J connectivity index is 2.03. The summed E-state index contributed by atoms with van der Waals surface area (Å²) in [6, 6.07) is 11.3. The molecule has 0 aliphatic heterocycles. The third-order valence-corrected chi connectivity index (χ3v) is 3.71. The fourth-order valence-corrected chi connectivity index (χ4v) is 2.44. The second-order valence-electron chi connectivity index (χ2n) is 5.63. The smallest absolute Gasteiger partial charge is 0.144 e. The summed E-state index contributed by atoms with van der Waals surface area (Å²) in [7, 11) is 0. The molecule has 4 heteroatoms. The number of nitrogens with zero attached hydrogens (tertiary/aromatic N) is 1. The van der Waals surface area contributed by atoms with Crippen molar-refractivity contribution in [3.05, 3.63) is 76.1 Å².